The van der Waals surface area contributed by atoms with Gasteiger partial charge in [-0.2, -0.15) is 0 Å². The predicted octanol–water partition coefficient (Wildman–Crippen LogP) is 3.88. The molecule has 3 heterocycles. The van der Waals surface area contributed by atoms with Gasteiger partial charge in [0.15, 0.2) is 0 Å². The zero-order chi connectivity index (χ0) is 23.2. The van der Waals surface area contributed by atoms with E-state index in [-0.39, 0.29) is 28.6 Å². The summed E-state index contributed by atoms with van der Waals surface area (Å²) in [6.07, 6.45) is 1.54. The number of nitrogens with zero attached hydrogens (tertiary/aromatic N) is 4. The van der Waals surface area contributed by atoms with Crippen molar-refractivity contribution < 1.29 is 27.4 Å². The zero-order valence-corrected chi connectivity index (χ0v) is 18.3. The molecule has 2 aromatic rings. The molecule has 33 heavy (non-hydrogen) atoms. The second kappa shape index (κ2) is 8.64. The minimum Gasteiger partial charge on any atom is -0.472 e. The standard InChI is InChI=1S/C22H22ClF3N4O3/c23-17-4-3-14(7-19(17)33-22(24,25)26)21(31)30-6-5-29-12-16(8-15(29)11-30)32-20-10-27-18(9-28-20)13-1-2-13/h3-4,7,9-10,13,15-16H,1-2,5-6,8,11-12H2/t15-,16+/m0/s1. The Labute approximate surface area is 193 Å². The molecule has 2 saturated heterocycles. The molecule has 1 saturated carbocycles. The van der Waals surface area contributed by atoms with Gasteiger partial charge in [0.1, 0.15) is 11.9 Å². The van der Waals surface area contributed by atoms with Gasteiger partial charge in [-0.05, 0) is 31.0 Å². The fourth-order valence-electron chi connectivity index (χ4n) is 4.44. The highest BCUT2D eigenvalue weighted by atomic mass is 35.5. The van der Waals surface area contributed by atoms with Gasteiger partial charge in [0.05, 0.1) is 23.1 Å². The summed E-state index contributed by atoms with van der Waals surface area (Å²) < 4.78 is 47.8. The lowest BCUT2D eigenvalue weighted by molar-refractivity contribution is -0.274. The molecule has 3 fully saturated rings. The first kappa shape index (κ1) is 22.2. The van der Waals surface area contributed by atoms with Crippen molar-refractivity contribution in [2.75, 3.05) is 26.2 Å². The van der Waals surface area contributed by atoms with Gasteiger partial charge in [-0.1, -0.05) is 11.6 Å². The second-order valence-electron chi connectivity index (χ2n) is 8.62. The molecule has 0 unspecified atom stereocenters. The lowest BCUT2D eigenvalue weighted by atomic mass is 10.1. The van der Waals surface area contributed by atoms with Crippen LogP contribution in [-0.2, 0) is 0 Å². The number of piperazine rings is 1. The second-order valence-corrected chi connectivity index (χ2v) is 9.03. The Balaban J connectivity index is 1.20. The number of halogens is 4. The maximum Gasteiger partial charge on any atom is 0.573 e. The van der Waals surface area contributed by atoms with Crippen LogP contribution in [0.25, 0.3) is 0 Å². The van der Waals surface area contributed by atoms with Crippen LogP contribution in [0.15, 0.2) is 30.6 Å². The summed E-state index contributed by atoms with van der Waals surface area (Å²) >= 11 is 5.80. The highest BCUT2D eigenvalue weighted by molar-refractivity contribution is 6.32. The number of alkyl halides is 3. The van der Waals surface area contributed by atoms with Crippen molar-refractivity contribution >= 4 is 17.5 Å². The van der Waals surface area contributed by atoms with Crippen molar-refractivity contribution in [1.82, 2.24) is 19.8 Å². The van der Waals surface area contributed by atoms with Crippen LogP contribution >= 0.6 is 11.6 Å². The maximum atomic E-state index is 13.0. The molecule has 0 N–H and O–H groups in total. The Hall–Kier alpha value is -2.59. The minimum absolute atomic E-state index is 0.0616. The van der Waals surface area contributed by atoms with Crippen LogP contribution in [0, 0.1) is 0 Å². The fraction of sp³-hybridized carbons (Fsp3) is 0.500. The van der Waals surface area contributed by atoms with E-state index in [4.69, 9.17) is 16.3 Å². The molecule has 1 aromatic heterocycles. The topological polar surface area (TPSA) is 67.8 Å². The minimum atomic E-state index is -4.89. The third kappa shape index (κ3) is 5.16. The van der Waals surface area contributed by atoms with Crippen LogP contribution in [0.3, 0.4) is 0 Å². The van der Waals surface area contributed by atoms with Crippen molar-refractivity contribution in [3.05, 3.63) is 46.9 Å². The van der Waals surface area contributed by atoms with E-state index < -0.39 is 12.1 Å². The molecule has 176 valence electrons. The molecule has 5 rings (SSSR count). The summed E-state index contributed by atoms with van der Waals surface area (Å²) in [6, 6.07) is 3.78. The molecule has 1 aliphatic carbocycles. The van der Waals surface area contributed by atoms with E-state index in [0.717, 1.165) is 37.6 Å². The Morgan fingerprint density at radius 2 is 1.94 bits per heavy atom. The van der Waals surface area contributed by atoms with Gasteiger partial charge >= 0.3 is 6.36 Å². The first-order valence-electron chi connectivity index (χ1n) is 10.8. The van der Waals surface area contributed by atoms with E-state index in [2.05, 4.69) is 19.6 Å². The van der Waals surface area contributed by atoms with E-state index in [9.17, 15) is 18.0 Å². The molecular formula is C22H22ClF3N4O3. The van der Waals surface area contributed by atoms with Crippen molar-refractivity contribution in [1.29, 1.82) is 0 Å². The van der Waals surface area contributed by atoms with Gasteiger partial charge in [-0.3, -0.25) is 14.7 Å². The molecule has 2 aliphatic heterocycles. The first-order valence-corrected chi connectivity index (χ1v) is 11.2. The molecule has 1 amide bonds. The van der Waals surface area contributed by atoms with Crippen LogP contribution in [0.5, 0.6) is 11.6 Å². The summed E-state index contributed by atoms with van der Waals surface area (Å²) in [5.41, 5.74) is 1.11. The van der Waals surface area contributed by atoms with Crippen LogP contribution in [0.2, 0.25) is 5.02 Å². The van der Waals surface area contributed by atoms with E-state index in [1.54, 1.807) is 17.3 Å². The number of hydrogen-bond acceptors (Lipinski definition) is 6. The average Bonchev–Trinajstić information content (AvgIpc) is 3.54. The van der Waals surface area contributed by atoms with Gasteiger partial charge in [0.25, 0.3) is 5.91 Å². The lowest BCUT2D eigenvalue weighted by Crippen LogP contribution is -2.52. The van der Waals surface area contributed by atoms with Gasteiger partial charge < -0.3 is 14.4 Å². The van der Waals surface area contributed by atoms with Crippen LogP contribution in [0.1, 0.15) is 41.2 Å². The predicted molar refractivity (Wildman–Crippen MR) is 112 cm³/mol. The van der Waals surface area contributed by atoms with Crippen LogP contribution in [-0.4, -0.2) is 70.4 Å². The molecule has 2 atom stereocenters. The van der Waals surface area contributed by atoms with E-state index >= 15 is 0 Å². The Morgan fingerprint density at radius 3 is 2.64 bits per heavy atom. The summed E-state index contributed by atoms with van der Waals surface area (Å²) in [5.74, 6) is 0.0869. The monoisotopic (exact) mass is 482 g/mol. The average molecular weight is 483 g/mol. The first-order chi connectivity index (χ1) is 15.7. The van der Waals surface area contributed by atoms with Crippen molar-refractivity contribution in [3.63, 3.8) is 0 Å². The molecular weight excluding hydrogens is 461 g/mol. The van der Waals surface area contributed by atoms with E-state index in [0.29, 0.717) is 31.4 Å². The number of benzene rings is 1. The third-order valence-electron chi connectivity index (χ3n) is 6.20. The largest absolute Gasteiger partial charge is 0.573 e. The molecule has 7 nitrogen and oxygen atoms in total. The van der Waals surface area contributed by atoms with Gasteiger partial charge in [-0.25, -0.2) is 4.98 Å². The molecule has 0 bridgehead atoms. The SMILES string of the molecule is O=C(c1ccc(Cl)c(OC(F)(F)F)c1)N1CCN2C[C@H](Oc3cnc(C4CC4)cn3)C[C@H]2C1. The van der Waals surface area contributed by atoms with Gasteiger partial charge in [0, 0.05) is 50.1 Å². The number of carbonyl (C=O) groups is 1. The number of carbonyl (C=O) groups excluding carboxylic acids is 1. The molecule has 0 spiro atoms. The maximum absolute atomic E-state index is 13.0. The molecule has 1 aromatic carbocycles. The van der Waals surface area contributed by atoms with Gasteiger partial charge in [0.2, 0.25) is 5.88 Å². The van der Waals surface area contributed by atoms with E-state index in [1.165, 1.54) is 12.1 Å². The number of rotatable bonds is 5. The number of aromatic nitrogens is 2. The normalized spacial score (nSPS) is 23.3. The summed E-state index contributed by atoms with van der Waals surface area (Å²) in [5, 5.41) is -0.210. The van der Waals surface area contributed by atoms with Crippen molar-refractivity contribution in [3.8, 4) is 11.6 Å². The quantitative estimate of drug-likeness (QED) is 0.644. The summed E-state index contributed by atoms with van der Waals surface area (Å²) in [6.45, 7) is 2.31. The fourth-order valence-corrected chi connectivity index (χ4v) is 4.59. The highest BCUT2D eigenvalue weighted by Crippen LogP contribution is 2.38. The summed E-state index contributed by atoms with van der Waals surface area (Å²) in [7, 11) is 0. The van der Waals surface area contributed by atoms with Crippen LogP contribution < -0.4 is 9.47 Å². The summed E-state index contributed by atoms with van der Waals surface area (Å²) in [4.78, 5) is 25.7. The smallest absolute Gasteiger partial charge is 0.472 e. The van der Waals surface area contributed by atoms with Crippen molar-refractivity contribution in [2.45, 2.75) is 43.7 Å². The van der Waals surface area contributed by atoms with Crippen molar-refractivity contribution in [2.24, 2.45) is 0 Å². The Morgan fingerprint density at radius 1 is 1.12 bits per heavy atom. The number of ether oxygens (including phenoxy) is 2. The lowest BCUT2D eigenvalue weighted by Gasteiger charge is -2.37. The Bertz CT molecular complexity index is 1030. The van der Waals surface area contributed by atoms with Gasteiger partial charge in [-0.15, -0.1) is 13.2 Å². The number of fused-ring (bicyclic) bond motifs is 1. The Kier molecular flexibility index (Phi) is 5.82. The highest BCUT2D eigenvalue weighted by Gasteiger charge is 2.39. The molecule has 0 radical (unpaired) electrons. The van der Waals surface area contributed by atoms with E-state index in [1.807, 2.05) is 0 Å². The van der Waals surface area contributed by atoms with Crippen LogP contribution in [0.4, 0.5) is 13.2 Å². The zero-order valence-electron chi connectivity index (χ0n) is 17.6. The number of hydrogen-bond donors (Lipinski definition) is 0. The molecule has 3 aliphatic rings. The molecule has 11 heteroatoms. The third-order valence-corrected chi connectivity index (χ3v) is 6.51. The number of amides is 1.